The lowest BCUT2D eigenvalue weighted by molar-refractivity contribution is -0.120. The van der Waals surface area contributed by atoms with Crippen LogP contribution in [0.25, 0.3) is 0 Å². The summed E-state index contributed by atoms with van der Waals surface area (Å²) in [5, 5.41) is 6.22. The van der Waals surface area contributed by atoms with Crippen LogP contribution in [0.1, 0.15) is 39.0 Å². The number of hydrogen-bond acceptors (Lipinski definition) is 4. The van der Waals surface area contributed by atoms with Gasteiger partial charge in [-0.1, -0.05) is 19.3 Å². The highest BCUT2D eigenvalue weighted by Crippen LogP contribution is 2.25. The van der Waals surface area contributed by atoms with E-state index in [-0.39, 0.29) is 11.8 Å². The largest absolute Gasteiger partial charge is 0.494 e. The second-order valence-corrected chi connectivity index (χ2v) is 6.34. The van der Waals surface area contributed by atoms with Crippen molar-refractivity contribution in [2.45, 2.75) is 39.0 Å². The minimum Gasteiger partial charge on any atom is -0.494 e. The number of anilines is 3. The summed E-state index contributed by atoms with van der Waals surface area (Å²) in [6.45, 7) is 2.62. The zero-order valence-electron chi connectivity index (χ0n) is 14.6. The maximum absolute atomic E-state index is 12.3. The molecule has 0 spiro atoms. The molecule has 3 rings (SSSR count). The second kappa shape index (κ2) is 8.51. The molecule has 0 saturated heterocycles. The van der Waals surface area contributed by atoms with E-state index >= 15 is 0 Å². The lowest BCUT2D eigenvalue weighted by Gasteiger charge is -2.20. The highest BCUT2D eigenvalue weighted by atomic mass is 16.5. The number of carbonyl (C=O) groups is 1. The van der Waals surface area contributed by atoms with Gasteiger partial charge in [-0.15, -0.1) is 0 Å². The van der Waals surface area contributed by atoms with E-state index in [1.807, 2.05) is 43.3 Å². The standard InChI is InChI=1S/C20H25N3O2/c1-2-25-18-11-8-16(9-12-18)22-17-10-13-19(21-14-17)23-20(24)15-6-4-3-5-7-15/h8-15,22H,2-7H2,1H3,(H,21,23,24). The smallest absolute Gasteiger partial charge is 0.228 e. The van der Waals surface area contributed by atoms with Crippen molar-refractivity contribution >= 4 is 23.1 Å². The van der Waals surface area contributed by atoms with E-state index < -0.39 is 0 Å². The number of aromatic nitrogens is 1. The number of rotatable bonds is 6. The van der Waals surface area contributed by atoms with Gasteiger partial charge in [0.05, 0.1) is 18.5 Å². The summed E-state index contributed by atoms with van der Waals surface area (Å²) in [5.41, 5.74) is 1.84. The molecule has 132 valence electrons. The number of hydrogen-bond donors (Lipinski definition) is 2. The van der Waals surface area contributed by atoms with Crippen molar-refractivity contribution in [3.8, 4) is 5.75 Å². The first-order chi connectivity index (χ1) is 12.2. The summed E-state index contributed by atoms with van der Waals surface area (Å²) in [6.07, 6.45) is 7.25. The van der Waals surface area contributed by atoms with Crippen molar-refractivity contribution in [2.75, 3.05) is 17.2 Å². The molecule has 1 heterocycles. The lowest BCUT2D eigenvalue weighted by Crippen LogP contribution is -2.25. The first-order valence-electron chi connectivity index (χ1n) is 9.01. The van der Waals surface area contributed by atoms with Crippen LogP contribution >= 0.6 is 0 Å². The lowest BCUT2D eigenvalue weighted by atomic mass is 9.89. The highest BCUT2D eigenvalue weighted by Gasteiger charge is 2.21. The van der Waals surface area contributed by atoms with Gasteiger partial charge in [0.15, 0.2) is 0 Å². The molecule has 2 N–H and O–H groups in total. The highest BCUT2D eigenvalue weighted by molar-refractivity contribution is 5.91. The summed E-state index contributed by atoms with van der Waals surface area (Å²) < 4.78 is 5.43. The van der Waals surface area contributed by atoms with E-state index in [0.29, 0.717) is 12.4 Å². The molecule has 5 nitrogen and oxygen atoms in total. The fourth-order valence-electron chi connectivity index (χ4n) is 3.10. The second-order valence-electron chi connectivity index (χ2n) is 6.34. The Bertz CT molecular complexity index is 677. The van der Waals surface area contributed by atoms with Crippen LogP contribution in [0.4, 0.5) is 17.2 Å². The van der Waals surface area contributed by atoms with Crippen molar-refractivity contribution in [3.05, 3.63) is 42.6 Å². The molecule has 2 aromatic rings. The normalized spacial score (nSPS) is 14.8. The zero-order chi connectivity index (χ0) is 17.5. The maximum atomic E-state index is 12.3. The van der Waals surface area contributed by atoms with Gasteiger partial charge in [0.2, 0.25) is 5.91 Å². The molecule has 0 radical (unpaired) electrons. The summed E-state index contributed by atoms with van der Waals surface area (Å²) >= 11 is 0. The molecular weight excluding hydrogens is 314 g/mol. The topological polar surface area (TPSA) is 63.2 Å². The minimum atomic E-state index is 0.0967. The Kier molecular flexibility index (Phi) is 5.88. The third-order valence-electron chi connectivity index (χ3n) is 4.44. The predicted molar refractivity (Wildman–Crippen MR) is 100 cm³/mol. The van der Waals surface area contributed by atoms with Gasteiger partial charge in [0.25, 0.3) is 0 Å². The number of nitrogens with one attached hydrogen (secondary N) is 2. The van der Waals surface area contributed by atoms with Gasteiger partial charge in [-0.3, -0.25) is 4.79 Å². The molecule has 1 aliphatic rings. The average Bonchev–Trinajstić information content (AvgIpc) is 2.66. The van der Waals surface area contributed by atoms with Crippen LogP contribution in [0.5, 0.6) is 5.75 Å². The Morgan fingerprint density at radius 1 is 1.08 bits per heavy atom. The Morgan fingerprint density at radius 3 is 2.44 bits per heavy atom. The number of nitrogens with zero attached hydrogens (tertiary/aromatic N) is 1. The zero-order valence-corrected chi connectivity index (χ0v) is 14.6. The number of pyridine rings is 1. The molecule has 1 aromatic carbocycles. The Labute approximate surface area is 148 Å². The third kappa shape index (κ3) is 4.95. The third-order valence-corrected chi connectivity index (χ3v) is 4.44. The van der Waals surface area contributed by atoms with Crippen molar-refractivity contribution in [1.29, 1.82) is 0 Å². The Hall–Kier alpha value is -2.56. The molecule has 1 amide bonds. The number of benzene rings is 1. The van der Waals surface area contributed by atoms with Crippen LogP contribution < -0.4 is 15.4 Å². The number of ether oxygens (including phenoxy) is 1. The quantitative estimate of drug-likeness (QED) is 0.798. The molecule has 0 bridgehead atoms. The van der Waals surface area contributed by atoms with Gasteiger partial charge < -0.3 is 15.4 Å². The van der Waals surface area contributed by atoms with Gasteiger partial charge in [-0.05, 0) is 56.2 Å². The molecule has 1 aliphatic carbocycles. The van der Waals surface area contributed by atoms with Crippen LogP contribution in [0, 0.1) is 5.92 Å². The van der Waals surface area contributed by atoms with Gasteiger partial charge in [0, 0.05) is 11.6 Å². The number of amides is 1. The number of carbonyl (C=O) groups excluding carboxylic acids is 1. The van der Waals surface area contributed by atoms with Crippen LogP contribution in [0.15, 0.2) is 42.6 Å². The van der Waals surface area contributed by atoms with Crippen molar-refractivity contribution in [3.63, 3.8) is 0 Å². The van der Waals surface area contributed by atoms with Crippen LogP contribution in [-0.2, 0) is 4.79 Å². The van der Waals surface area contributed by atoms with Crippen molar-refractivity contribution < 1.29 is 9.53 Å². The minimum absolute atomic E-state index is 0.0967. The molecule has 25 heavy (non-hydrogen) atoms. The van der Waals surface area contributed by atoms with Crippen LogP contribution in [-0.4, -0.2) is 17.5 Å². The van der Waals surface area contributed by atoms with Crippen LogP contribution in [0.2, 0.25) is 0 Å². The van der Waals surface area contributed by atoms with Crippen molar-refractivity contribution in [2.24, 2.45) is 5.92 Å². The molecule has 0 atom stereocenters. The van der Waals surface area contributed by atoms with E-state index in [0.717, 1.165) is 42.8 Å². The van der Waals surface area contributed by atoms with Gasteiger partial charge >= 0.3 is 0 Å². The van der Waals surface area contributed by atoms with Crippen LogP contribution in [0.3, 0.4) is 0 Å². The maximum Gasteiger partial charge on any atom is 0.228 e. The summed E-state index contributed by atoms with van der Waals surface area (Å²) in [4.78, 5) is 16.6. The van der Waals surface area contributed by atoms with Gasteiger partial charge in [-0.25, -0.2) is 4.98 Å². The summed E-state index contributed by atoms with van der Waals surface area (Å²) in [6, 6.07) is 11.5. The molecule has 0 unspecified atom stereocenters. The van der Waals surface area contributed by atoms with Gasteiger partial charge in [0.1, 0.15) is 11.6 Å². The Morgan fingerprint density at radius 2 is 1.80 bits per heavy atom. The summed E-state index contributed by atoms with van der Waals surface area (Å²) in [5.74, 6) is 1.69. The molecule has 1 aromatic heterocycles. The SMILES string of the molecule is CCOc1ccc(Nc2ccc(NC(=O)C3CCCCC3)nc2)cc1. The summed E-state index contributed by atoms with van der Waals surface area (Å²) in [7, 11) is 0. The first-order valence-corrected chi connectivity index (χ1v) is 9.01. The van der Waals surface area contributed by atoms with E-state index in [1.54, 1.807) is 6.20 Å². The van der Waals surface area contributed by atoms with E-state index in [2.05, 4.69) is 15.6 Å². The van der Waals surface area contributed by atoms with Gasteiger partial charge in [-0.2, -0.15) is 0 Å². The van der Waals surface area contributed by atoms with E-state index in [9.17, 15) is 4.79 Å². The molecule has 5 heteroatoms. The predicted octanol–water partition coefficient (Wildman–Crippen LogP) is 4.74. The monoisotopic (exact) mass is 339 g/mol. The first kappa shape index (κ1) is 17.3. The van der Waals surface area contributed by atoms with Crippen molar-refractivity contribution in [1.82, 2.24) is 4.98 Å². The van der Waals surface area contributed by atoms with E-state index in [1.165, 1.54) is 6.42 Å². The average molecular weight is 339 g/mol. The molecule has 1 saturated carbocycles. The fraction of sp³-hybridized carbons (Fsp3) is 0.400. The fourth-order valence-corrected chi connectivity index (χ4v) is 3.10. The molecule has 1 fully saturated rings. The molecular formula is C20H25N3O2. The Balaban J connectivity index is 1.55. The van der Waals surface area contributed by atoms with E-state index in [4.69, 9.17) is 4.74 Å². The molecule has 0 aliphatic heterocycles.